The van der Waals surface area contributed by atoms with Gasteiger partial charge in [-0.25, -0.2) is 0 Å². The molecule has 0 saturated carbocycles. The zero-order valence-corrected chi connectivity index (χ0v) is 17.1. The van der Waals surface area contributed by atoms with Crippen molar-refractivity contribution in [2.75, 3.05) is 23.7 Å². The lowest BCUT2D eigenvalue weighted by molar-refractivity contribution is -0.130. The molecule has 9 heteroatoms. The van der Waals surface area contributed by atoms with Crippen LogP contribution in [0.4, 0.5) is 20.2 Å². The minimum atomic E-state index is -2.90. The van der Waals surface area contributed by atoms with Gasteiger partial charge >= 0.3 is 6.61 Å². The summed E-state index contributed by atoms with van der Waals surface area (Å²) in [5, 5.41) is 5.32. The Bertz CT molecular complexity index is 929. The molecule has 0 aliphatic rings. The summed E-state index contributed by atoms with van der Waals surface area (Å²) >= 11 is 0. The Labute approximate surface area is 178 Å². The molecule has 164 valence electrons. The second-order valence-corrected chi connectivity index (χ2v) is 6.44. The summed E-state index contributed by atoms with van der Waals surface area (Å²) in [4.78, 5) is 37.1. The van der Waals surface area contributed by atoms with Crippen molar-refractivity contribution >= 4 is 35.2 Å². The third-order valence-corrected chi connectivity index (χ3v) is 4.04. The van der Waals surface area contributed by atoms with E-state index in [1.54, 1.807) is 31.2 Å². The van der Waals surface area contributed by atoms with Gasteiger partial charge in [-0.05, 0) is 55.0 Å². The number of carbonyl (C=O) groups excluding carboxylic acids is 3. The van der Waals surface area contributed by atoms with Crippen LogP contribution in [-0.4, -0.2) is 42.3 Å². The highest BCUT2D eigenvalue weighted by molar-refractivity contribution is 5.98. The van der Waals surface area contributed by atoms with Crippen molar-refractivity contribution in [3.63, 3.8) is 0 Å². The highest BCUT2D eigenvalue weighted by Crippen LogP contribution is 2.16. The summed E-state index contributed by atoms with van der Waals surface area (Å²) < 4.78 is 28.6. The lowest BCUT2D eigenvalue weighted by Gasteiger charge is -2.18. The third kappa shape index (κ3) is 8.25. The second kappa shape index (κ2) is 11.4. The van der Waals surface area contributed by atoms with Crippen LogP contribution in [0.25, 0.3) is 6.08 Å². The minimum absolute atomic E-state index is 0.0236. The number of nitrogens with one attached hydrogen (secondary N) is 2. The molecule has 31 heavy (non-hydrogen) atoms. The Hall–Kier alpha value is -3.75. The van der Waals surface area contributed by atoms with Crippen molar-refractivity contribution < 1.29 is 27.9 Å². The van der Waals surface area contributed by atoms with E-state index in [4.69, 9.17) is 0 Å². The first kappa shape index (κ1) is 23.5. The summed E-state index contributed by atoms with van der Waals surface area (Å²) in [5.74, 6) is -0.911. The largest absolute Gasteiger partial charge is 0.435 e. The van der Waals surface area contributed by atoms with Crippen LogP contribution in [0.2, 0.25) is 0 Å². The molecule has 2 N–H and O–H groups in total. The van der Waals surface area contributed by atoms with Crippen LogP contribution in [-0.2, 0) is 14.4 Å². The van der Waals surface area contributed by atoms with Crippen LogP contribution in [0, 0.1) is 0 Å². The number of anilines is 2. The fourth-order valence-corrected chi connectivity index (χ4v) is 2.59. The van der Waals surface area contributed by atoms with E-state index in [0.29, 0.717) is 23.5 Å². The Morgan fingerprint density at radius 3 is 2.10 bits per heavy atom. The van der Waals surface area contributed by atoms with Crippen LogP contribution in [0.5, 0.6) is 5.75 Å². The van der Waals surface area contributed by atoms with Gasteiger partial charge in [0.15, 0.2) is 0 Å². The van der Waals surface area contributed by atoms with E-state index >= 15 is 0 Å². The lowest BCUT2D eigenvalue weighted by atomic mass is 10.2. The van der Waals surface area contributed by atoms with Crippen LogP contribution < -0.4 is 15.4 Å². The number of nitrogens with zero attached hydrogens (tertiary/aromatic N) is 1. The summed E-state index contributed by atoms with van der Waals surface area (Å²) in [6.45, 7) is 0.421. The molecule has 0 fully saturated rings. The molecule has 7 nitrogen and oxygen atoms in total. The monoisotopic (exact) mass is 431 g/mol. The average molecular weight is 431 g/mol. The first-order chi connectivity index (χ1) is 14.8. The van der Waals surface area contributed by atoms with Crippen LogP contribution in [0.15, 0.2) is 54.6 Å². The van der Waals surface area contributed by atoms with Gasteiger partial charge in [0.2, 0.25) is 17.7 Å². The number of amides is 3. The number of rotatable bonds is 9. The van der Waals surface area contributed by atoms with Gasteiger partial charge in [0, 0.05) is 30.9 Å². The second-order valence-electron chi connectivity index (χ2n) is 6.44. The van der Waals surface area contributed by atoms with E-state index in [-0.39, 0.29) is 30.0 Å². The van der Waals surface area contributed by atoms with E-state index in [0.717, 1.165) is 0 Å². The van der Waals surface area contributed by atoms with Crippen LogP contribution in [0.3, 0.4) is 0 Å². The summed E-state index contributed by atoms with van der Waals surface area (Å²) in [5.41, 5.74) is 1.76. The first-order valence-electron chi connectivity index (χ1n) is 9.46. The van der Waals surface area contributed by atoms with Crippen LogP contribution in [0.1, 0.15) is 19.4 Å². The number of hydrogen-bond donors (Lipinski definition) is 2. The molecule has 0 aromatic heterocycles. The zero-order valence-electron chi connectivity index (χ0n) is 17.1. The SMILES string of the molecule is CCN(CC(=O)Nc1ccc(NC(C)=O)cc1)C(=O)C=Cc1ccc(OC(F)F)cc1. The van der Waals surface area contributed by atoms with Crippen molar-refractivity contribution in [2.45, 2.75) is 20.5 Å². The van der Waals surface area contributed by atoms with Crippen molar-refractivity contribution in [2.24, 2.45) is 0 Å². The molecule has 0 atom stereocenters. The summed E-state index contributed by atoms with van der Waals surface area (Å²) in [7, 11) is 0. The molecule has 2 aromatic carbocycles. The number of alkyl halides is 2. The van der Waals surface area contributed by atoms with Gasteiger partial charge in [-0.15, -0.1) is 0 Å². The lowest BCUT2D eigenvalue weighted by Crippen LogP contribution is -2.36. The van der Waals surface area contributed by atoms with Gasteiger partial charge in [-0.1, -0.05) is 12.1 Å². The predicted molar refractivity (Wildman–Crippen MR) is 114 cm³/mol. The fraction of sp³-hybridized carbons (Fsp3) is 0.227. The molecule has 2 aromatic rings. The minimum Gasteiger partial charge on any atom is -0.435 e. The molecule has 0 aliphatic carbocycles. The number of halogens is 2. The van der Waals surface area contributed by atoms with Crippen molar-refractivity contribution in [1.29, 1.82) is 0 Å². The van der Waals surface area contributed by atoms with E-state index < -0.39 is 6.61 Å². The molecular weight excluding hydrogens is 408 g/mol. The maximum Gasteiger partial charge on any atom is 0.387 e. The number of benzene rings is 2. The molecule has 0 unspecified atom stereocenters. The van der Waals surface area contributed by atoms with Gasteiger partial charge in [0.05, 0.1) is 0 Å². The molecule has 0 radical (unpaired) electrons. The number of carbonyl (C=O) groups is 3. The maximum atomic E-state index is 12.4. The number of hydrogen-bond acceptors (Lipinski definition) is 4. The number of likely N-dealkylation sites (N-methyl/N-ethyl adjacent to an activating group) is 1. The van der Waals surface area contributed by atoms with Gasteiger partial charge in [0.1, 0.15) is 12.3 Å². The Morgan fingerprint density at radius 2 is 1.58 bits per heavy atom. The molecule has 3 amide bonds. The molecule has 0 spiro atoms. The highest BCUT2D eigenvalue weighted by Gasteiger charge is 2.13. The molecule has 0 bridgehead atoms. The van der Waals surface area contributed by atoms with Crippen LogP contribution >= 0.6 is 0 Å². The topological polar surface area (TPSA) is 87.7 Å². The average Bonchev–Trinajstić information content (AvgIpc) is 2.72. The van der Waals surface area contributed by atoms with E-state index in [1.807, 2.05) is 0 Å². The fourth-order valence-electron chi connectivity index (χ4n) is 2.59. The van der Waals surface area contributed by atoms with Gasteiger partial charge in [0.25, 0.3) is 0 Å². The van der Waals surface area contributed by atoms with E-state index in [1.165, 1.54) is 48.2 Å². The predicted octanol–water partition coefficient (Wildman–Crippen LogP) is 3.75. The zero-order chi connectivity index (χ0) is 22.8. The normalized spacial score (nSPS) is 10.7. The Morgan fingerprint density at radius 1 is 1.00 bits per heavy atom. The summed E-state index contributed by atoms with van der Waals surface area (Å²) in [6, 6.07) is 12.4. The highest BCUT2D eigenvalue weighted by atomic mass is 19.3. The van der Waals surface area contributed by atoms with E-state index in [2.05, 4.69) is 15.4 Å². The van der Waals surface area contributed by atoms with Gasteiger partial charge in [-0.2, -0.15) is 8.78 Å². The Kier molecular flexibility index (Phi) is 8.68. The maximum absolute atomic E-state index is 12.4. The summed E-state index contributed by atoms with van der Waals surface area (Å²) in [6.07, 6.45) is 2.83. The van der Waals surface area contributed by atoms with Crippen molar-refractivity contribution in [3.05, 3.63) is 60.2 Å². The first-order valence-corrected chi connectivity index (χ1v) is 9.46. The van der Waals surface area contributed by atoms with Gasteiger partial charge < -0.3 is 20.3 Å². The molecule has 2 rings (SSSR count). The molecule has 0 heterocycles. The third-order valence-electron chi connectivity index (χ3n) is 4.04. The molecular formula is C22H23F2N3O4. The number of ether oxygens (including phenoxy) is 1. The molecule has 0 aliphatic heterocycles. The van der Waals surface area contributed by atoms with Crippen molar-refractivity contribution in [1.82, 2.24) is 4.90 Å². The Balaban J connectivity index is 1.90. The quantitative estimate of drug-likeness (QED) is 0.592. The van der Waals surface area contributed by atoms with Crippen molar-refractivity contribution in [3.8, 4) is 5.75 Å². The van der Waals surface area contributed by atoms with Gasteiger partial charge in [-0.3, -0.25) is 14.4 Å². The molecule has 0 saturated heterocycles. The standard InChI is InChI=1S/C22H23F2N3O4/c1-3-27(14-20(29)26-18-9-7-17(8-10-18)25-15(2)28)21(30)13-6-16-4-11-19(12-5-16)31-22(23)24/h4-13,22H,3,14H2,1-2H3,(H,25,28)(H,26,29). The smallest absolute Gasteiger partial charge is 0.387 e. The van der Waals surface area contributed by atoms with E-state index in [9.17, 15) is 23.2 Å².